The maximum absolute atomic E-state index is 12.6. The van der Waals surface area contributed by atoms with E-state index in [1.165, 1.54) is 24.3 Å². The van der Waals surface area contributed by atoms with Crippen molar-refractivity contribution in [3.05, 3.63) is 41.5 Å². The van der Waals surface area contributed by atoms with Crippen LogP contribution in [0.25, 0.3) is 6.08 Å². The first-order valence-corrected chi connectivity index (χ1v) is 9.35. The first-order chi connectivity index (χ1) is 13.3. The Hall–Kier alpha value is -2.35. The van der Waals surface area contributed by atoms with Crippen LogP contribution in [-0.4, -0.2) is 61.0 Å². The molecule has 1 aromatic rings. The maximum Gasteiger partial charge on any atom is 0.416 e. The first kappa shape index (κ1) is 20.4. The van der Waals surface area contributed by atoms with E-state index in [1.54, 1.807) is 4.90 Å². The van der Waals surface area contributed by atoms with Crippen LogP contribution in [0.1, 0.15) is 24.0 Å². The maximum atomic E-state index is 12.6. The molecule has 1 aromatic carbocycles. The van der Waals surface area contributed by atoms with Crippen molar-refractivity contribution >= 4 is 17.9 Å². The van der Waals surface area contributed by atoms with E-state index in [0.717, 1.165) is 12.1 Å². The van der Waals surface area contributed by atoms with E-state index in [1.807, 2.05) is 4.90 Å². The monoisotopic (exact) mass is 396 g/mol. The number of rotatable bonds is 3. The van der Waals surface area contributed by atoms with Gasteiger partial charge in [0.2, 0.25) is 11.8 Å². The van der Waals surface area contributed by atoms with Gasteiger partial charge >= 0.3 is 6.18 Å². The molecular weight excluding hydrogens is 373 g/mol. The van der Waals surface area contributed by atoms with Crippen LogP contribution in [0.2, 0.25) is 0 Å². The molecule has 152 valence electrons. The molecule has 8 heteroatoms. The lowest BCUT2D eigenvalue weighted by atomic mass is 9.95. The molecular formula is C20H23F3N2O3. The number of amides is 2. The average molecular weight is 396 g/mol. The summed E-state index contributed by atoms with van der Waals surface area (Å²) in [4.78, 5) is 28.3. The molecule has 2 aliphatic heterocycles. The highest BCUT2D eigenvalue weighted by molar-refractivity contribution is 5.92. The number of nitrogens with zero attached hydrogens (tertiary/aromatic N) is 2. The zero-order valence-corrected chi connectivity index (χ0v) is 15.5. The fourth-order valence-electron chi connectivity index (χ4n) is 3.44. The SMILES string of the molecule is O=C(/C=C/c1ccc(C(F)(F)F)cc1)N1CCC(C(=O)N2CCOCC2)CC1. The van der Waals surface area contributed by atoms with Crippen molar-refractivity contribution in [2.75, 3.05) is 39.4 Å². The van der Waals surface area contributed by atoms with Crippen molar-refractivity contribution in [2.24, 2.45) is 5.92 Å². The Kier molecular flexibility index (Phi) is 6.39. The highest BCUT2D eigenvalue weighted by Crippen LogP contribution is 2.29. The summed E-state index contributed by atoms with van der Waals surface area (Å²) in [5.74, 6) is -0.131. The van der Waals surface area contributed by atoms with Gasteiger partial charge in [-0.05, 0) is 36.6 Å². The summed E-state index contributed by atoms with van der Waals surface area (Å²) in [7, 11) is 0. The average Bonchev–Trinajstić information content (AvgIpc) is 2.72. The van der Waals surface area contributed by atoms with Crippen LogP contribution < -0.4 is 0 Å². The molecule has 0 radical (unpaired) electrons. The largest absolute Gasteiger partial charge is 0.416 e. The van der Waals surface area contributed by atoms with Crippen molar-refractivity contribution in [3.63, 3.8) is 0 Å². The lowest BCUT2D eigenvalue weighted by Gasteiger charge is -2.35. The van der Waals surface area contributed by atoms with Gasteiger partial charge in [-0.1, -0.05) is 12.1 Å². The lowest BCUT2D eigenvalue weighted by Crippen LogP contribution is -2.47. The Morgan fingerprint density at radius 3 is 2.14 bits per heavy atom. The normalized spacial score (nSPS) is 19.2. The van der Waals surface area contributed by atoms with Crippen LogP contribution in [0.3, 0.4) is 0 Å². The molecule has 2 fully saturated rings. The van der Waals surface area contributed by atoms with E-state index in [4.69, 9.17) is 4.74 Å². The predicted molar refractivity (Wildman–Crippen MR) is 97.2 cm³/mol. The van der Waals surface area contributed by atoms with Gasteiger partial charge in [0.15, 0.2) is 0 Å². The number of benzene rings is 1. The fourth-order valence-corrected chi connectivity index (χ4v) is 3.44. The van der Waals surface area contributed by atoms with Crippen molar-refractivity contribution in [1.82, 2.24) is 9.80 Å². The van der Waals surface area contributed by atoms with Gasteiger partial charge in [-0.15, -0.1) is 0 Å². The molecule has 2 saturated heterocycles. The number of piperidine rings is 1. The standard InChI is InChI=1S/C20H23F3N2O3/c21-20(22,23)17-4-1-15(2-5-17)3-6-18(26)24-9-7-16(8-10-24)19(27)25-11-13-28-14-12-25/h1-6,16H,7-14H2/b6-3+. The molecule has 5 nitrogen and oxygen atoms in total. The summed E-state index contributed by atoms with van der Waals surface area (Å²) in [6.45, 7) is 3.37. The van der Waals surface area contributed by atoms with Gasteiger partial charge in [-0.25, -0.2) is 0 Å². The number of carbonyl (C=O) groups is 2. The van der Waals surface area contributed by atoms with E-state index >= 15 is 0 Å². The number of morpholine rings is 1. The van der Waals surface area contributed by atoms with Crippen molar-refractivity contribution in [1.29, 1.82) is 0 Å². The number of likely N-dealkylation sites (tertiary alicyclic amines) is 1. The molecule has 0 saturated carbocycles. The smallest absolute Gasteiger partial charge is 0.378 e. The number of halogens is 3. The molecule has 3 rings (SSSR count). The second-order valence-corrected chi connectivity index (χ2v) is 6.99. The van der Waals surface area contributed by atoms with Crippen molar-refractivity contribution < 1.29 is 27.5 Å². The molecule has 0 N–H and O–H groups in total. The van der Waals surface area contributed by atoms with Crippen LogP contribution in [0.15, 0.2) is 30.3 Å². The molecule has 28 heavy (non-hydrogen) atoms. The molecule has 0 aromatic heterocycles. The predicted octanol–water partition coefficient (Wildman–Crippen LogP) is 2.82. The third-order valence-corrected chi connectivity index (χ3v) is 5.13. The number of alkyl halides is 3. The molecule has 0 unspecified atom stereocenters. The Balaban J connectivity index is 1.49. The number of hydrogen-bond donors (Lipinski definition) is 0. The van der Waals surface area contributed by atoms with E-state index < -0.39 is 11.7 Å². The molecule has 2 aliphatic rings. The molecule has 0 atom stereocenters. The Bertz CT molecular complexity index is 717. The van der Waals surface area contributed by atoms with E-state index in [-0.39, 0.29) is 17.7 Å². The van der Waals surface area contributed by atoms with Gasteiger partial charge in [-0.3, -0.25) is 9.59 Å². The summed E-state index contributed by atoms with van der Waals surface area (Å²) in [6, 6.07) is 4.65. The second kappa shape index (κ2) is 8.77. The zero-order chi connectivity index (χ0) is 20.1. The van der Waals surface area contributed by atoms with Gasteiger partial charge in [0.1, 0.15) is 0 Å². The first-order valence-electron chi connectivity index (χ1n) is 9.35. The third-order valence-electron chi connectivity index (χ3n) is 5.13. The van der Waals surface area contributed by atoms with Crippen LogP contribution in [-0.2, 0) is 20.5 Å². The third kappa shape index (κ3) is 5.13. The van der Waals surface area contributed by atoms with Gasteiger partial charge in [-0.2, -0.15) is 13.2 Å². The molecule has 2 heterocycles. The number of ether oxygens (including phenoxy) is 1. The molecule has 0 spiro atoms. The zero-order valence-electron chi connectivity index (χ0n) is 15.5. The van der Waals surface area contributed by atoms with Crippen molar-refractivity contribution in [2.45, 2.75) is 19.0 Å². The minimum Gasteiger partial charge on any atom is -0.378 e. The van der Waals surface area contributed by atoms with Crippen LogP contribution >= 0.6 is 0 Å². The minimum absolute atomic E-state index is 0.0685. The van der Waals surface area contributed by atoms with Crippen LogP contribution in [0.5, 0.6) is 0 Å². The topological polar surface area (TPSA) is 49.9 Å². The Morgan fingerprint density at radius 1 is 0.964 bits per heavy atom. The van der Waals surface area contributed by atoms with Gasteiger partial charge in [0.05, 0.1) is 18.8 Å². The van der Waals surface area contributed by atoms with Crippen LogP contribution in [0, 0.1) is 5.92 Å². The van der Waals surface area contributed by atoms with E-state index in [2.05, 4.69) is 0 Å². The Labute approximate surface area is 161 Å². The van der Waals surface area contributed by atoms with Gasteiger partial charge in [0, 0.05) is 38.2 Å². The van der Waals surface area contributed by atoms with Gasteiger partial charge < -0.3 is 14.5 Å². The highest BCUT2D eigenvalue weighted by atomic mass is 19.4. The molecule has 0 bridgehead atoms. The van der Waals surface area contributed by atoms with E-state index in [0.29, 0.717) is 57.8 Å². The van der Waals surface area contributed by atoms with Crippen LogP contribution in [0.4, 0.5) is 13.2 Å². The number of carbonyl (C=O) groups excluding carboxylic acids is 2. The summed E-state index contributed by atoms with van der Waals surface area (Å²) < 4.78 is 43.0. The molecule has 2 amide bonds. The fraction of sp³-hybridized carbons (Fsp3) is 0.500. The van der Waals surface area contributed by atoms with Crippen molar-refractivity contribution in [3.8, 4) is 0 Å². The molecule has 0 aliphatic carbocycles. The highest BCUT2D eigenvalue weighted by Gasteiger charge is 2.31. The van der Waals surface area contributed by atoms with E-state index in [9.17, 15) is 22.8 Å². The minimum atomic E-state index is -4.37. The second-order valence-electron chi connectivity index (χ2n) is 6.99. The lowest BCUT2D eigenvalue weighted by molar-refractivity contribution is -0.142. The number of hydrogen-bond acceptors (Lipinski definition) is 3. The Morgan fingerprint density at radius 2 is 1.57 bits per heavy atom. The summed E-state index contributed by atoms with van der Waals surface area (Å²) >= 11 is 0. The summed E-state index contributed by atoms with van der Waals surface area (Å²) in [6.07, 6.45) is -0.257. The quantitative estimate of drug-likeness (QED) is 0.739. The summed E-state index contributed by atoms with van der Waals surface area (Å²) in [5, 5.41) is 0. The summed E-state index contributed by atoms with van der Waals surface area (Å²) in [5.41, 5.74) is -0.193. The van der Waals surface area contributed by atoms with Gasteiger partial charge in [0.25, 0.3) is 0 Å².